The first kappa shape index (κ1) is 78.5. The molecule has 33 heteroatoms. The largest absolute Gasteiger partial charge is 0.451 e. The summed E-state index contributed by atoms with van der Waals surface area (Å²) in [5.41, 5.74) is 20.8. The molecule has 4 amide bonds. The van der Waals surface area contributed by atoms with E-state index in [1.807, 2.05) is 0 Å². The van der Waals surface area contributed by atoms with E-state index >= 15 is 0 Å². The molecule has 518 valence electrons. The zero-order chi connectivity index (χ0) is 68.7. The van der Waals surface area contributed by atoms with Gasteiger partial charge in [-0.3, -0.25) is 14.4 Å². The minimum absolute atomic E-state index is 0.00941. The zero-order valence-electron chi connectivity index (χ0n) is 52.1. The van der Waals surface area contributed by atoms with Crippen LogP contribution in [0.2, 0.25) is 0 Å². The Bertz CT molecular complexity index is 3140. The number of nitrogens with one attached hydrogen (secondary N) is 3. The molecule has 0 unspecified atom stereocenters. The number of hydrogen-bond acceptors (Lipinski definition) is 18. The molecule has 0 spiro atoms. The van der Waals surface area contributed by atoms with E-state index < -0.39 is 78.4 Å². The van der Waals surface area contributed by atoms with Crippen molar-refractivity contribution in [2.24, 2.45) is 32.9 Å². The van der Waals surface area contributed by atoms with Gasteiger partial charge in [0, 0.05) is 63.4 Å². The quantitative estimate of drug-likeness (QED) is 0.0101. The second-order valence-electron chi connectivity index (χ2n) is 20.0. The maximum Gasteiger partial charge on any atom is 0.314 e. The van der Waals surface area contributed by atoms with Crippen molar-refractivity contribution >= 4 is 67.6 Å². The van der Waals surface area contributed by atoms with Crippen molar-refractivity contribution < 1.29 is 101 Å². The highest BCUT2D eigenvalue weighted by atomic mass is 32.2. The molecular formula is C61H81F4N9O18S2. The lowest BCUT2D eigenvalue weighted by molar-refractivity contribution is -0.120. The van der Waals surface area contributed by atoms with Gasteiger partial charge in [-0.25, -0.2) is 43.9 Å². The Balaban J connectivity index is 0.867. The highest BCUT2D eigenvalue weighted by molar-refractivity contribution is 7.91. The summed E-state index contributed by atoms with van der Waals surface area (Å²) in [4.78, 5) is 54.7. The van der Waals surface area contributed by atoms with Gasteiger partial charge < -0.3 is 80.9 Å². The number of urea groups is 1. The lowest BCUT2D eigenvalue weighted by atomic mass is 10.1. The predicted molar refractivity (Wildman–Crippen MR) is 338 cm³/mol. The van der Waals surface area contributed by atoms with Gasteiger partial charge in [0.25, 0.3) is 11.8 Å². The summed E-state index contributed by atoms with van der Waals surface area (Å²) >= 11 is 0. The van der Waals surface area contributed by atoms with E-state index in [1.54, 1.807) is 0 Å². The molecule has 0 saturated heterocycles. The molecule has 0 aliphatic heterocycles. The Labute approximate surface area is 542 Å². The number of sulfonamides is 1. The Kier molecular flexibility index (Phi) is 36.0. The van der Waals surface area contributed by atoms with Crippen molar-refractivity contribution in [1.82, 2.24) is 15.4 Å². The number of carbonyl (C=O) groups is 4. The SMILES string of the molecule is C/C(=C\c1cc(F)c(Oc2ccc(S(=O)(=O)CCCOCCOCCOCCCC(=O)CCCOCCOCCNC(=O)NCCOCCOCCOCCNS(=O)(=O)c3ccc(Oc4c(F)cc(/C=C(\C)C(=O)N=C(N)N)cc4F)cc3)cc2)c(F)c1)C(=O)N=C(N)N. The van der Waals surface area contributed by atoms with Crippen LogP contribution in [0, 0.1) is 23.3 Å². The summed E-state index contributed by atoms with van der Waals surface area (Å²) in [6.07, 6.45) is 4.48. The van der Waals surface area contributed by atoms with Crippen molar-refractivity contribution in [2.75, 3.05) is 131 Å². The van der Waals surface area contributed by atoms with Gasteiger partial charge in [-0.05, 0) is 129 Å². The molecule has 0 fully saturated rings. The third-order valence-electron chi connectivity index (χ3n) is 12.4. The third-order valence-corrected chi connectivity index (χ3v) is 15.6. The van der Waals surface area contributed by atoms with Crippen molar-refractivity contribution in [1.29, 1.82) is 0 Å². The number of halogens is 4. The molecule has 27 nitrogen and oxygen atoms in total. The van der Waals surface area contributed by atoms with Crippen LogP contribution in [0.5, 0.6) is 23.0 Å². The van der Waals surface area contributed by atoms with Gasteiger partial charge in [0.2, 0.25) is 10.0 Å². The molecule has 0 bridgehead atoms. The summed E-state index contributed by atoms with van der Waals surface area (Å²) in [6, 6.07) is 13.3. The van der Waals surface area contributed by atoms with Crippen LogP contribution >= 0.6 is 0 Å². The summed E-state index contributed by atoms with van der Waals surface area (Å²) in [7, 11) is -7.66. The number of sulfone groups is 1. The molecule has 0 atom stereocenters. The fraction of sp³-hybridized carbons (Fsp3) is 0.443. The van der Waals surface area contributed by atoms with Gasteiger partial charge in [0.15, 0.2) is 56.5 Å². The molecule has 94 heavy (non-hydrogen) atoms. The monoisotopic (exact) mass is 1370 g/mol. The smallest absolute Gasteiger partial charge is 0.314 e. The van der Waals surface area contributed by atoms with E-state index in [0.717, 1.165) is 24.3 Å². The lowest BCUT2D eigenvalue weighted by Crippen LogP contribution is -2.39. The molecule has 0 aliphatic rings. The van der Waals surface area contributed by atoms with Crippen molar-refractivity contribution in [3.05, 3.63) is 118 Å². The number of amides is 4. The van der Waals surface area contributed by atoms with Gasteiger partial charge in [-0.15, -0.1) is 0 Å². The average Bonchev–Trinajstić information content (AvgIpc) is 0.835. The number of hydrogen-bond donors (Lipinski definition) is 7. The van der Waals surface area contributed by atoms with E-state index in [-0.39, 0.29) is 153 Å². The molecular weight excluding hydrogens is 1290 g/mol. The summed E-state index contributed by atoms with van der Waals surface area (Å²) in [6.45, 7) is 7.47. The van der Waals surface area contributed by atoms with Gasteiger partial charge in [-0.2, -0.15) is 9.98 Å². The fourth-order valence-corrected chi connectivity index (χ4v) is 10.1. The standard InChI is InChI=1S/C61H81F4N9O18S2/c1-42(57(76)73-59(66)67)36-44-38-51(62)55(52(63)39-44)91-47-8-12-49(13-9-47)93(79,80)35-5-21-85-27-32-89-31-26-84-20-4-7-46(75)6-3-19-83-25-28-86-22-16-70-61(78)71-17-23-87-29-33-90-34-30-88-24-18-72-94(81,82)50-14-10-48(11-15-50)92-56-53(64)40-45(41-54(56)65)37-43(2)58(77)74-60(68)69/h8-15,36-41,72H,3-7,16-35H2,1-2H3,(H2,70,71,78)(H4,66,67,73,76)(H4,68,69,74,77)/b42-36+,43-37+. The Hall–Kier alpha value is -7.96. The second-order valence-corrected chi connectivity index (χ2v) is 23.9. The normalized spacial score (nSPS) is 11.9. The van der Waals surface area contributed by atoms with Gasteiger partial charge in [0.1, 0.15) is 17.3 Å². The molecule has 4 aromatic rings. The van der Waals surface area contributed by atoms with Gasteiger partial charge >= 0.3 is 6.03 Å². The minimum atomic E-state index is -3.96. The molecule has 0 aliphatic carbocycles. The first-order chi connectivity index (χ1) is 44.9. The summed E-state index contributed by atoms with van der Waals surface area (Å²) in [5, 5.41) is 5.33. The number of ketones is 1. The van der Waals surface area contributed by atoms with Crippen molar-refractivity contribution in [3.8, 4) is 23.0 Å². The number of guanidine groups is 2. The Morgan fingerprint density at radius 3 is 1.16 bits per heavy atom. The maximum absolute atomic E-state index is 14.8. The van der Waals surface area contributed by atoms with Gasteiger partial charge in [-0.1, -0.05) is 0 Å². The number of ether oxygens (including phenoxy) is 10. The first-order valence-electron chi connectivity index (χ1n) is 29.5. The molecule has 0 aromatic heterocycles. The van der Waals surface area contributed by atoms with Crippen LogP contribution in [0.4, 0.5) is 22.4 Å². The lowest BCUT2D eigenvalue weighted by Gasteiger charge is -2.11. The van der Waals surface area contributed by atoms with Gasteiger partial charge in [0.05, 0.1) is 101 Å². The highest BCUT2D eigenvalue weighted by Crippen LogP contribution is 2.32. The number of nitrogens with zero attached hydrogens (tertiary/aromatic N) is 2. The van der Waals surface area contributed by atoms with Crippen LogP contribution in [0.25, 0.3) is 12.2 Å². The topological polar surface area (TPSA) is 394 Å². The molecule has 4 aromatic carbocycles. The molecule has 4 rings (SSSR count). The van der Waals surface area contributed by atoms with Crippen molar-refractivity contribution in [2.45, 2.75) is 55.7 Å². The third kappa shape index (κ3) is 31.8. The molecule has 0 heterocycles. The number of Topliss-reactive ketones (excluding diaryl/α,β-unsaturated/α-hetero) is 1. The van der Waals surface area contributed by atoms with E-state index in [9.17, 15) is 53.6 Å². The summed E-state index contributed by atoms with van der Waals surface area (Å²) < 4.78 is 167. The maximum atomic E-state index is 14.8. The number of rotatable bonds is 47. The Morgan fingerprint density at radius 1 is 0.457 bits per heavy atom. The number of carbonyl (C=O) groups excluding carboxylic acids is 4. The van der Waals surface area contributed by atoms with E-state index in [4.69, 9.17) is 70.3 Å². The average molecular weight is 1370 g/mol. The van der Waals surface area contributed by atoms with E-state index in [1.165, 1.54) is 74.5 Å². The number of benzene rings is 4. The second kappa shape index (κ2) is 43.1. The molecule has 0 radical (unpaired) electrons. The number of nitrogens with two attached hydrogens (primary N) is 4. The highest BCUT2D eigenvalue weighted by Gasteiger charge is 2.20. The van der Waals surface area contributed by atoms with Crippen LogP contribution in [0.1, 0.15) is 57.1 Å². The van der Waals surface area contributed by atoms with E-state index in [0.29, 0.717) is 65.3 Å². The minimum Gasteiger partial charge on any atom is -0.451 e. The van der Waals surface area contributed by atoms with Crippen LogP contribution in [0.3, 0.4) is 0 Å². The van der Waals surface area contributed by atoms with E-state index in [2.05, 4.69) is 25.3 Å². The van der Waals surface area contributed by atoms with Crippen molar-refractivity contribution in [3.63, 3.8) is 0 Å². The summed E-state index contributed by atoms with van der Waals surface area (Å²) in [5.74, 6) is -8.39. The van der Waals surface area contributed by atoms with Crippen LogP contribution < -0.4 is 47.8 Å². The van der Waals surface area contributed by atoms with Crippen LogP contribution in [0.15, 0.2) is 104 Å². The Morgan fingerprint density at radius 2 is 0.787 bits per heavy atom. The molecule has 11 N–H and O–H groups in total. The number of aliphatic imine (C=N–C) groups is 2. The fourth-order valence-electron chi connectivity index (χ4n) is 7.80. The van der Waals surface area contributed by atoms with Crippen LogP contribution in [-0.4, -0.2) is 183 Å². The first-order valence-corrected chi connectivity index (χ1v) is 32.6. The molecule has 0 saturated carbocycles. The predicted octanol–water partition coefficient (Wildman–Crippen LogP) is 4.94. The van der Waals surface area contributed by atoms with Crippen LogP contribution in [-0.2, 0) is 72.1 Å². The zero-order valence-corrected chi connectivity index (χ0v) is 53.8.